The Bertz CT molecular complexity index is 805. The van der Waals surface area contributed by atoms with Crippen molar-refractivity contribution in [1.29, 1.82) is 0 Å². The Morgan fingerprint density at radius 1 is 0.880 bits per heavy atom. The van der Waals surface area contributed by atoms with E-state index < -0.39 is 0 Å². The number of aryl methyl sites for hydroxylation is 1. The summed E-state index contributed by atoms with van der Waals surface area (Å²) in [6.45, 7) is 2.38. The summed E-state index contributed by atoms with van der Waals surface area (Å²) in [4.78, 5) is 0. The molecule has 6 heteroatoms. The van der Waals surface area contributed by atoms with Crippen molar-refractivity contribution in [3.05, 3.63) is 53.9 Å². The van der Waals surface area contributed by atoms with Gasteiger partial charge in [0.05, 0.1) is 14.2 Å². The third kappa shape index (κ3) is 4.09. The Morgan fingerprint density at radius 2 is 1.56 bits per heavy atom. The molecule has 130 valence electrons. The number of methoxy groups -OCH3 is 2. The van der Waals surface area contributed by atoms with Crippen LogP contribution in [0.5, 0.6) is 17.2 Å². The lowest BCUT2D eigenvalue weighted by molar-refractivity contribution is 0.304. The Hall–Kier alpha value is -3.02. The first kappa shape index (κ1) is 16.8. The third-order valence-electron chi connectivity index (χ3n) is 3.69. The zero-order chi connectivity index (χ0) is 17.6. The molecule has 1 heterocycles. The second-order valence-electron chi connectivity index (χ2n) is 5.39. The van der Waals surface area contributed by atoms with Crippen LogP contribution in [0.2, 0.25) is 0 Å². The van der Waals surface area contributed by atoms with Crippen LogP contribution in [0.1, 0.15) is 18.4 Å². The molecule has 0 saturated heterocycles. The molecule has 0 aliphatic carbocycles. The quantitative estimate of drug-likeness (QED) is 0.650. The molecule has 0 radical (unpaired) electrons. The molecule has 3 rings (SSSR count). The van der Waals surface area contributed by atoms with Gasteiger partial charge in [-0.2, -0.15) is 0 Å². The molecule has 0 amide bonds. The van der Waals surface area contributed by atoms with Crippen LogP contribution in [0.3, 0.4) is 0 Å². The normalized spacial score (nSPS) is 10.5. The molecule has 0 unspecified atom stereocenters. The molecule has 2 aromatic carbocycles. The minimum atomic E-state index is 0.410. The van der Waals surface area contributed by atoms with Crippen LogP contribution >= 0.6 is 0 Å². The summed E-state index contributed by atoms with van der Waals surface area (Å²) < 4.78 is 21.9. The van der Waals surface area contributed by atoms with Gasteiger partial charge in [-0.1, -0.05) is 6.92 Å². The lowest BCUT2D eigenvalue weighted by Gasteiger charge is -2.10. The highest BCUT2D eigenvalue weighted by Gasteiger charge is 2.08. The van der Waals surface area contributed by atoms with Crippen LogP contribution in [-0.2, 0) is 13.0 Å². The minimum Gasteiger partial charge on any atom is -0.497 e. The summed E-state index contributed by atoms with van der Waals surface area (Å²) in [5, 5.41) is 8.00. The fraction of sp³-hybridized carbons (Fsp3) is 0.263. The largest absolute Gasteiger partial charge is 0.497 e. The molecule has 6 nitrogen and oxygen atoms in total. The molecule has 0 atom stereocenters. The van der Waals surface area contributed by atoms with E-state index >= 15 is 0 Å². The number of nitrogens with zero attached hydrogens (tertiary/aromatic N) is 2. The first-order chi connectivity index (χ1) is 12.2. The first-order valence-corrected chi connectivity index (χ1v) is 7.99. The number of rotatable bonds is 7. The van der Waals surface area contributed by atoms with Gasteiger partial charge < -0.3 is 18.6 Å². The minimum absolute atomic E-state index is 0.410. The van der Waals surface area contributed by atoms with E-state index in [1.807, 2.05) is 49.4 Å². The summed E-state index contributed by atoms with van der Waals surface area (Å²) in [7, 11) is 3.25. The van der Waals surface area contributed by atoms with Crippen molar-refractivity contribution in [1.82, 2.24) is 10.2 Å². The van der Waals surface area contributed by atoms with Crippen LogP contribution < -0.4 is 14.2 Å². The number of hydrogen-bond acceptors (Lipinski definition) is 6. The Morgan fingerprint density at radius 3 is 2.12 bits per heavy atom. The standard InChI is InChI=1S/C19H20N2O4/c1-4-18-20-21-19(25-18)14-5-7-15(8-6-14)24-12-13-9-16(22-2)11-17(10-13)23-3/h5-11H,4,12H2,1-3H3. The average Bonchev–Trinajstić information content (AvgIpc) is 3.15. The molecule has 1 aromatic heterocycles. The number of benzene rings is 2. The maximum Gasteiger partial charge on any atom is 0.247 e. The van der Waals surface area contributed by atoms with E-state index in [0.29, 0.717) is 18.4 Å². The van der Waals surface area contributed by atoms with Gasteiger partial charge in [0.2, 0.25) is 11.8 Å². The highest BCUT2D eigenvalue weighted by atomic mass is 16.5. The Kier molecular flexibility index (Phi) is 5.18. The van der Waals surface area contributed by atoms with E-state index in [4.69, 9.17) is 18.6 Å². The fourth-order valence-electron chi connectivity index (χ4n) is 2.32. The van der Waals surface area contributed by atoms with Gasteiger partial charge >= 0.3 is 0 Å². The van der Waals surface area contributed by atoms with Crippen LogP contribution in [0, 0.1) is 0 Å². The highest BCUT2D eigenvalue weighted by molar-refractivity contribution is 5.54. The maximum atomic E-state index is 5.83. The maximum absolute atomic E-state index is 5.83. The zero-order valence-corrected chi connectivity index (χ0v) is 14.5. The summed E-state index contributed by atoms with van der Waals surface area (Å²) in [6, 6.07) is 13.2. The van der Waals surface area contributed by atoms with Crippen molar-refractivity contribution >= 4 is 0 Å². The molecular weight excluding hydrogens is 320 g/mol. The molecule has 0 fully saturated rings. The van der Waals surface area contributed by atoms with Crippen LogP contribution in [0.25, 0.3) is 11.5 Å². The van der Waals surface area contributed by atoms with E-state index in [2.05, 4.69) is 10.2 Å². The molecule has 3 aromatic rings. The Labute approximate surface area is 146 Å². The van der Waals surface area contributed by atoms with Crippen LogP contribution in [-0.4, -0.2) is 24.4 Å². The van der Waals surface area contributed by atoms with Crippen molar-refractivity contribution in [2.75, 3.05) is 14.2 Å². The van der Waals surface area contributed by atoms with Gasteiger partial charge in [0.15, 0.2) is 0 Å². The third-order valence-corrected chi connectivity index (χ3v) is 3.69. The van der Waals surface area contributed by atoms with Gasteiger partial charge in [-0.15, -0.1) is 10.2 Å². The first-order valence-electron chi connectivity index (χ1n) is 7.99. The summed E-state index contributed by atoms with van der Waals surface area (Å²) in [5.74, 6) is 3.36. The molecule has 0 N–H and O–H groups in total. The van der Waals surface area contributed by atoms with Crippen LogP contribution in [0.15, 0.2) is 46.9 Å². The van der Waals surface area contributed by atoms with Gasteiger partial charge in [-0.05, 0) is 42.0 Å². The average molecular weight is 340 g/mol. The molecule has 0 aliphatic heterocycles. The number of aromatic nitrogens is 2. The van der Waals surface area contributed by atoms with Crippen molar-refractivity contribution < 1.29 is 18.6 Å². The Balaban J connectivity index is 1.67. The lowest BCUT2D eigenvalue weighted by atomic mass is 10.2. The molecule has 25 heavy (non-hydrogen) atoms. The predicted molar refractivity (Wildman–Crippen MR) is 93.0 cm³/mol. The van der Waals surface area contributed by atoms with Gasteiger partial charge in [-0.25, -0.2) is 0 Å². The van der Waals surface area contributed by atoms with Crippen molar-refractivity contribution in [2.24, 2.45) is 0 Å². The van der Waals surface area contributed by atoms with Crippen LogP contribution in [0.4, 0.5) is 0 Å². The second-order valence-corrected chi connectivity index (χ2v) is 5.39. The summed E-state index contributed by atoms with van der Waals surface area (Å²) in [5.41, 5.74) is 1.83. The summed E-state index contributed by atoms with van der Waals surface area (Å²) in [6.07, 6.45) is 0.720. The predicted octanol–water partition coefficient (Wildman–Crippen LogP) is 3.90. The fourth-order valence-corrected chi connectivity index (χ4v) is 2.32. The number of hydrogen-bond donors (Lipinski definition) is 0. The van der Waals surface area contributed by atoms with Crippen molar-refractivity contribution in [3.63, 3.8) is 0 Å². The van der Waals surface area contributed by atoms with Crippen molar-refractivity contribution in [3.8, 4) is 28.7 Å². The van der Waals surface area contributed by atoms with Gasteiger partial charge in [0.25, 0.3) is 0 Å². The number of ether oxygens (including phenoxy) is 3. The smallest absolute Gasteiger partial charge is 0.247 e. The molecule has 0 saturated carbocycles. The van der Waals surface area contributed by atoms with E-state index in [1.165, 1.54) is 0 Å². The highest BCUT2D eigenvalue weighted by Crippen LogP contribution is 2.25. The topological polar surface area (TPSA) is 66.6 Å². The van der Waals surface area contributed by atoms with E-state index in [9.17, 15) is 0 Å². The van der Waals surface area contributed by atoms with Crippen molar-refractivity contribution in [2.45, 2.75) is 20.0 Å². The molecule has 0 spiro atoms. The molecule has 0 bridgehead atoms. The van der Waals surface area contributed by atoms with E-state index in [1.54, 1.807) is 14.2 Å². The van der Waals surface area contributed by atoms with E-state index in [0.717, 1.165) is 34.8 Å². The van der Waals surface area contributed by atoms with Gasteiger partial charge in [0, 0.05) is 18.1 Å². The molecule has 0 aliphatic rings. The van der Waals surface area contributed by atoms with E-state index in [-0.39, 0.29) is 0 Å². The second kappa shape index (κ2) is 7.70. The molecular formula is C19H20N2O4. The summed E-state index contributed by atoms with van der Waals surface area (Å²) >= 11 is 0. The van der Waals surface area contributed by atoms with Gasteiger partial charge in [0.1, 0.15) is 23.9 Å². The SMILES string of the molecule is CCc1nnc(-c2ccc(OCc3cc(OC)cc(OC)c3)cc2)o1. The zero-order valence-electron chi connectivity index (χ0n) is 14.5. The monoisotopic (exact) mass is 340 g/mol. The lowest BCUT2D eigenvalue weighted by Crippen LogP contribution is -1.97. The van der Waals surface area contributed by atoms with Gasteiger partial charge in [-0.3, -0.25) is 0 Å².